The molecule has 0 fully saturated rings. The van der Waals surface area contributed by atoms with Gasteiger partial charge in [-0.2, -0.15) is 11.8 Å². The molecule has 1 aromatic rings. The van der Waals surface area contributed by atoms with E-state index in [1.807, 2.05) is 24.8 Å². The standard InChI is InChI=1S/C14H22BrNO2S/c1-10(16)7-11-8-12(15)14(13(9-11)17-2)18-5-4-6-19-3/h8-10H,4-7,16H2,1-3H3. The van der Waals surface area contributed by atoms with E-state index in [9.17, 15) is 0 Å². The maximum atomic E-state index is 5.83. The summed E-state index contributed by atoms with van der Waals surface area (Å²) >= 11 is 5.37. The third kappa shape index (κ3) is 5.63. The molecule has 0 bridgehead atoms. The quantitative estimate of drug-likeness (QED) is 0.731. The van der Waals surface area contributed by atoms with E-state index >= 15 is 0 Å². The van der Waals surface area contributed by atoms with Crippen LogP contribution in [0, 0.1) is 0 Å². The summed E-state index contributed by atoms with van der Waals surface area (Å²) in [7, 11) is 1.66. The van der Waals surface area contributed by atoms with Crippen molar-refractivity contribution in [2.45, 2.75) is 25.8 Å². The van der Waals surface area contributed by atoms with E-state index in [4.69, 9.17) is 15.2 Å². The molecule has 0 amide bonds. The van der Waals surface area contributed by atoms with Crippen LogP contribution < -0.4 is 15.2 Å². The van der Waals surface area contributed by atoms with Crippen molar-refractivity contribution in [3.8, 4) is 11.5 Å². The Hall–Kier alpha value is -0.390. The molecule has 108 valence electrons. The van der Waals surface area contributed by atoms with E-state index in [2.05, 4.69) is 28.3 Å². The molecule has 0 saturated carbocycles. The van der Waals surface area contributed by atoms with E-state index in [0.717, 1.165) is 40.1 Å². The molecule has 0 aromatic heterocycles. The molecule has 0 aliphatic rings. The minimum Gasteiger partial charge on any atom is -0.493 e. The SMILES string of the molecule is COc1cc(CC(C)N)cc(Br)c1OCCCSC. The molecule has 19 heavy (non-hydrogen) atoms. The maximum absolute atomic E-state index is 5.83. The molecule has 0 heterocycles. The molecule has 0 aliphatic carbocycles. The van der Waals surface area contributed by atoms with Crippen LogP contribution in [0.15, 0.2) is 16.6 Å². The molecule has 1 unspecified atom stereocenters. The molecular weight excluding hydrogens is 326 g/mol. The first-order chi connectivity index (χ1) is 9.08. The van der Waals surface area contributed by atoms with Gasteiger partial charge < -0.3 is 15.2 Å². The van der Waals surface area contributed by atoms with Crippen LogP contribution in [0.25, 0.3) is 0 Å². The zero-order valence-corrected chi connectivity index (χ0v) is 14.1. The van der Waals surface area contributed by atoms with Crippen LogP contribution in [-0.2, 0) is 6.42 Å². The number of thioether (sulfide) groups is 1. The summed E-state index contributed by atoms with van der Waals surface area (Å²) < 4.78 is 12.1. The van der Waals surface area contributed by atoms with Crippen molar-refractivity contribution in [1.29, 1.82) is 0 Å². The lowest BCUT2D eigenvalue weighted by Gasteiger charge is -2.15. The topological polar surface area (TPSA) is 44.5 Å². The molecule has 0 radical (unpaired) electrons. The Kier molecular flexibility index (Phi) is 7.64. The predicted octanol–water partition coefficient (Wildman–Crippen LogP) is 3.48. The highest BCUT2D eigenvalue weighted by Crippen LogP contribution is 2.37. The largest absolute Gasteiger partial charge is 0.493 e. The lowest BCUT2D eigenvalue weighted by atomic mass is 10.1. The first-order valence-electron chi connectivity index (χ1n) is 6.32. The maximum Gasteiger partial charge on any atom is 0.175 e. The minimum atomic E-state index is 0.130. The molecule has 3 nitrogen and oxygen atoms in total. The van der Waals surface area contributed by atoms with Gasteiger partial charge in [-0.15, -0.1) is 0 Å². The number of hydrogen-bond acceptors (Lipinski definition) is 4. The van der Waals surface area contributed by atoms with Crippen molar-refractivity contribution >= 4 is 27.7 Å². The third-order valence-electron chi connectivity index (χ3n) is 2.59. The van der Waals surface area contributed by atoms with Crippen molar-refractivity contribution < 1.29 is 9.47 Å². The zero-order chi connectivity index (χ0) is 14.3. The summed E-state index contributed by atoms with van der Waals surface area (Å²) in [6.45, 7) is 2.69. The second kappa shape index (κ2) is 8.72. The average molecular weight is 348 g/mol. The Labute approximate surface area is 128 Å². The van der Waals surface area contributed by atoms with Crippen LogP contribution in [0.3, 0.4) is 0 Å². The Morgan fingerprint density at radius 3 is 2.74 bits per heavy atom. The number of methoxy groups -OCH3 is 1. The fourth-order valence-corrected chi connectivity index (χ4v) is 2.79. The molecule has 0 saturated heterocycles. The number of nitrogens with two attached hydrogens (primary N) is 1. The second-order valence-electron chi connectivity index (χ2n) is 4.49. The van der Waals surface area contributed by atoms with Crippen LogP contribution in [0.2, 0.25) is 0 Å². The number of hydrogen-bond donors (Lipinski definition) is 1. The summed E-state index contributed by atoms with van der Waals surface area (Å²) in [4.78, 5) is 0. The van der Waals surface area contributed by atoms with Gasteiger partial charge >= 0.3 is 0 Å². The highest BCUT2D eigenvalue weighted by molar-refractivity contribution is 9.10. The summed E-state index contributed by atoms with van der Waals surface area (Å²) in [6, 6.07) is 4.18. The van der Waals surface area contributed by atoms with Gasteiger partial charge in [0.1, 0.15) is 0 Å². The van der Waals surface area contributed by atoms with E-state index in [0.29, 0.717) is 6.61 Å². The summed E-state index contributed by atoms with van der Waals surface area (Å²) in [6.07, 6.45) is 3.94. The first-order valence-corrected chi connectivity index (χ1v) is 8.51. The van der Waals surface area contributed by atoms with Gasteiger partial charge in [0.25, 0.3) is 0 Å². The van der Waals surface area contributed by atoms with Crippen LogP contribution in [0.1, 0.15) is 18.9 Å². The second-order valence-corrected chi connectivity index (χ2v) is 6.33. The summed E-state index contributed by atoms with van der Waals surface area (Å²) in [5, 5.41) is 0. The normalized spacial score (nSPS) is 12.3. The van der Waals surface area contributed by atoms with Gasteiger partial charge in [-0.05, 0) is 65.4 Å². The van der Waals surface area contributed by atoms with Crippen molar-refractivity contribution in [3.63, 3.8) is 0 Å². The van der Waals surface area contributed by atoms with E-state index in [1.54, 1.807) is 7.11 Å². The van der Waals surface area contributed by atoms with Gasteiger partial charge in [0.2, 0.25) is 0 Å². The molecule has 1 atom stereocenters. The molecule has 5 heteroatoms. The Bertz CT molecular complexity index is 399. The van der Waals surface area contributed by atoms with E-state index in [1.165, 1.54) is 0 Å². The molecular formula is C14H22BrNO2S. The molecule has 1 rings (SSSR count). The Morgan fingerprint density at radius 2 is 2.16 bits per heavy atom. The number of benzene rings is 1. The van der Waals surface area contributed by atoms with Gasteiger partial charge in [0.15, 0.2) is 11.5 Å². The fourth-order valence-electron chi connectivity index (χ4n) is 1.78. The Morgan fingerprint density at radius 1 is 1.42 bits per heavy atom. The van der Waals surface area contributed by atoms with Crippen molar-refractivity contribution in [3.05, 3.63) is 22.2 Å². The zero-order valence-electron chi connectivity index (χ0n) is 11.7. The van der Waals surface area contributed by atoms with Crippen LogP contribution in [0.5, 0.6) is 11.5 Å². The minimum absolute atomic E-state index is 0.130. The van der Waals surface area contributed by atoms with Gasteiger partial charge in [0.05, 0.1) is 18.2 Å². The monoisotopic (exact) mass is 347 g/mol. The van der Waals surface area contributed by atoms with Crippen LogP contribution in [-0.4, -0.2) is 31.8 Å². The number of rotatable bonds is 8. The van der Waals surface area contributed by atoms with Crippen molar-refractivity contribution in [2.24, 2.45) is 5.73 Å². The first kappa shape index (κ1) is 16.7. The smallest absolute Gasteiger partial charge is 0.175 e. The lowest BCUT2D eigenvalue weighted by molar-refractivity contribution is 0.293. The highest BCUT2D eigenvalue weighted by Gasteiger charge is 2.12. The lowest BCUT2D eigenvalue weighted by Crippen LogP contribution is -2.17. The summed E-state index contributed by atoms with van der Waals surface area (Å²) in [5.41, 5.74) is 6.98. The van der Waals surface area contributed by atoms with Crippen molar-refractivity contribution in [1.82, 2.24) is 0 Å². The van der Waals surface area contributed by atoms with Crippen molar-refractivity contribution in [2.75, 3.05) is 25.7 Å². The van der Waals surface area contributed by atoms with Gasteiger partial charge in [-0.1, -0.05) is 0 Å². The average Bonchev–Trinajstić information content (AvgIpc) is 2.35. The van der Waals surface area contributed by atoms with Gasteiger partial charge in [-0.25, -0.2) is 0 Å². The third-order valence-corrected chi connectivity index (χ3v) is 3.87. The van der Waals surface area contributed by atoms with E-state index < -0.39 is 0 Å². The Balaban J connectivity index is 2.79. The number of ether oxygens (including phenoxy) is 2. The molecule has 0 aliphatic heterocycles. The predicted molar refractivity (Wildman–Crippen MR) is 86.5 cm³/mol. The highest BCUT2D eigenvalue weighted by atomic mass is 79.9. The van der Waals surface area contributed by atoms with Gasteiger partial charge in [-0.3, -0.25) is 0 Å². The van der Waals surface area contributed by atoms with Gasteiger partial charge in [0, 0.05) is 6.04 Å². The van der Waals surface area contributed by atoms with E-state index in [-0.39, 0.29) is 6.04 Å². The molecule has 1 aromatic carbocycles. The summed E-state index contributed by atoms with van der Waals surface area (Å²) in [5.74, 6) is 2.63. The molecule has 0 spiro atoms. The number of halogens is 1. The fraction of sp³-hybridized carbons (Fsp3) is 0.571. The molecule has 2 N–H and O–H groups in total. The van der Waals surface area contributed by atoms with Crippen LogP contribution in [0.4, 0.5) is 0 Å². The van der Waals surface area contributed by atoms with Crippen LogP contribution >= 0.6 is 27.7 Å².